The zero-order chi connectivity index (χ0) is 30.3. The molecule has 1 aliphatic rings. The molecule has 2 heterocycles. The predicted molar refractivity (Wildman–Crippen MR) is 133 cm³/mol. The van der Waals surface area contributed by atoms with Crippen LogP contribution in [0, 0.1) is 0 Å². The topological polar surface area (TPSA) is 224 Å². The summed E-state index contributed by atoms with van der Waals surface area (Å²) < 4.78 is 54.3. The highest BCUT2D eigenvalue weighted by molar-refractivity contribution is 7.48. The van der Waals surface area contributed by atoms with Gasteiger partial charge < -0.3 is 39.0 Å². The highest BCUT2D eigenvalue weighted by atomic mass is 35.5. The van der Waals surface area contributed by atoms with Gasteiger partial charge in [0.15, 0.2) is 13.0 Å². The number of rotatable bonds is 15. The maximum Gasteiger partial charge on any atom is 0.510 e. The fraction of sp³-hybridized carbons (Fsp3) is 0.762. The Labute approximate surface area is 233 Å². The lowest BCUT2D eigenvalue weighted by Gasteiger charge is -2.32. The normalized spacial score (nSPS) is 27.1. The van der Waals surface area contributed by atoms with E-state index in [2.05, 4.69) is 4.74 Å². The molecule has 4 N–H and O–H groups in total. The third kappa shape index (κ3) is 9.06. The van der Waals surface area contributed by atoms with E-state index in [1.807, 2.05) is 4.98 Å². The summed E-state index contributed by atoms with van der Waals surface area (Å²) in [6.45, 7) is 2.93. The van der Waals surface area contributed by atoms with Crippen LogP contribution in [-0.4, -0.2) is 93.1 Å². The van der Waals surface area contributed by atoms with Crippen LogP contribution in [0.2, 0.25) is 0 Å². The van der Waals surface area contributed by atoms with Crippen molar-refractivity contribution in [2.75, 3.05) is 26.1 Å². The fourth-order valence-corrected chi connectivity index (χ4v) is 4.63. The molecule has 6 atom stereocenters. The molecule has 19 heteroatoms. The molecule has 1 fully saturated rings. The number of phosphoric ester groups is 1. The molecule has 1 aromatic heterocycles. The monoisotopic (exact) mass is 620 g/mol. The van der Waals surface area contributed by atoms with Gasteiger partial charge in [-0.15, -0.1) is 11.6 Å². The third-order valence-corrected chi connectivity index (χ3v) is 6.97. The average molecular weight is 621 g/mol. The van der Waals surface area contributed by atoms with E-state index in [1.165, 1.54) is 0 Å². The smallest absolute Gasteiger partial charge is 0.432 e. The predicted octanol–water partition coefficient (Wildman–Crippen LogP) is 0.507. The minimum Gasteiger partial charge on any atom is -0.432 e. The van der Waals surface area contributed by atoms with Gasteiger partial charge in [-0.3, -0.25) is 23.4 Å². The molecule has 6 unspecified atom stereocenters. The Morgan fingerprint density at radius 1 is 1.20 bits per heavy atom. The number of hydrogen-bond donors (Lipinski definition) is 4. The van der Waals surface area contributed by atoms with E-state index in [4.69, 9.17) is 44.1 Å². The lowest BCUT2D eigenvalue weighted by atomic mass is 9.89. The molecule has 0 amide bonds. The second-order valence-corrected chi connectivity index (χ2v) is 11.2. The van der Waals surface area contributed by atoms with Gasteiger partial charge in [-0.25, -0.2) is 18.7 Å². The first-order valence-corrected chi connectivity index (χ1v) is 13.8. The van der Waals surface area contributed by atoms with E-state index in [0.717, 1.165) is 23.8 Å². The number of carbonyl (C=O) groups is 1. The molecular formula is C21H34ClN2O15P. The minimum absolute atomic E-state index is 0.435. The second kappa shape index (κ2) is 14.3. The summed E-state index contributed by atoms with van der Waals surface area (Å²) in [5, 5.41) is 31.6. The summed E-state index contributed by atoms with van der Waals surface area (Å²) in [7, 11) is -4.76. The number of aliphatic hydroxyl groups excluding tert-OH is 2. The molecular weight excluding hydrogens is 587 g/mol. The number of ether oxygens (including phenoxy) is 5. The summed E-state index contributed by atoms with van der Waals surface area (Å²) in [5.41, 5.74) is -5.88. The Bertz CT molecular complexity index is 1140. The molecule has 1 aliphatic heterocycles. The highest BCUT2D eigenvalue weighted by Gasteiger charge is 2.62. The van der Waals surface area contributed by atoms with Crippen molar-refractivity contribution in [1.82, 2.24) is 9.55 Å². The average Bonchev–Trinajstić information content (AvgIpc) is 3.03. The number of H-pyrrole nitrogens is 1. The maximum atomic E-state index is 13.3. The van der Waals surface area contributed by atoms with Crippen molar-refractivity contribution in [2.45, 2.75) is 76.8 Å². The van der Waals surface area contributed by atoms with Crippen molar-refractivity contribution in [3.05, 3.63) is 33.1 Å². The number of carbonyl (C=O) groups excluding carboxylic acids is 1. The lowest BCUT2D eigenvalue weighted by molar-refractivity contribution is -0.295. The Balaban J connectivity index is 2.22. The molecule has 0 aromatic carbocycles. The molecule has 0 spiro atoms. The zero-order valence-electron chi connectivity index (χ0n) is 22.4. The minimum atomic E-state index is -4.76. The maximum absolute atomic E-state index is 13.3. The van der Waals surface area contributed by atoms with Crippen LogP contribution in [0.4, 0.5) is 4.79 Å². The van der Waals surface area contributed by atoms with Gasteiger partial charge in [0.1, 0.15) is 17.3 Å². The van der Waals surface area contributed by atoms with Gasteiger partial charge in [0.05, 0.1) is 24.7 Å². The van der Waals surface area contributed by atoms with E-state index in [1.54, 1.807) is 27.7 Å². The summed E-state index contributed by atoms with van der Waals surface area (Å²) >= 11 is 6.07. The highest BCUT2D eigenvalue weighted by Crippen LogP contribution is 2.52. The van der Waals surface area contributed by atoms with Crippen LogP contribution in [-0.2, 0) is 41.8 Å². The molecule has 0 radical (unpaired) electrons. The number of phosphoric acid groups is 1. The van der Waals surface area contributed by atoms with Crippen molar-refractivity contribution in [1.29, 1.82) is 0 Å². The summed E-state index contributed by atoms with van der Waals surface area (Å²) in [5.74, 6) is -0.576. The molecule has 230 valence electrons. The van der Waals surface area contributed by atoms with Crippen LogP contribution in [0.1, 0.15) is 40.8 Å². The first-order chi connectivity index (χ1) is 18.5. The number of halogens is 1. The molecule has 1 saturated heterocycles. The number of nitrogens with one attached hydrogen (secondary N) is 1. The van der Waals surface area contributed by atoms with Crippen molar-refractivity contribution in [2.24, 2.45) is 0 Å². The molecule has 0 aliphatic carbocycles. The van der Waals surface area contributed by atoms with Crippen LogP contribution in [0.3, 0.4) is 0 Å². The SMILES string of the molecule is CC(C)OC(=O)OCOP(=O)(OCOC(O)OC(C)C)OCC1(CCl)OC(n2ccc(=O)[nH]c2=O)C(C)(O)C1O. The summed E-state index contributed by atoms with van der Waals surface area (Å²) in [6, 6.07) is 0.988. The van der Waals surface area contributed by atoms with Gasteiger partial charge in [0, 0.05) is 12.3 Å². The molecule has 2 rings (SSSR count). The van der Waals surface area contributed by atoms with Gasteiger partial charge in [-0.1, -0.05) is 0 Å². The Morgan fingerprint density at radius 3 is 2.42 bits per heavy atom. The lowest BCUT2D eigenvalue weighted by Crippen LogP contribution is -2.53. The van der Waals surface area contributed by atoms with Crippen molar-refractivity contribution >= 4 is 25.6 Å². The fourth-order valence-electron chi connectivity index (χ4n) is 3.37. The van der Waals surface area contributed by atoms with Crippen molar-refractivity contribution in [3.8, 4) is 0 Å². The van der Waals surface area contributed by atoms with Crippen LogP contribution < -0.4 is 11.2 Å². The summed E-state index contributed by atoms with van der Waals surface area (Å²) in [6.07, 6.45) is -4.53. The first-order valence-electron chi connectivity index (χ1n) is 11.8. The Kier molecular flexibility index (Phi) is 12.3. The van der Waals surface area contributed by atoms with Gasteiger partial charge in [-0.2, -0.15) is 0 Å². The van der Waals surface area contributed by atoms with E-state index in [-0.39, 0.29) is 0 Å². The standard InChI is InChI=1S/C21H34ClN2O15P/c1-12(2)37-18(28)32-10-35-40(31,36-11-33-19(29)38-13(3)4)34-9-21(8-22)15(26)20(5,30)16(39-21)24-7-6-14(25)23-17(24)27/h6-7,12-13,15-16,18,26,28,30H,8-11H2,1-5H3,(H,23,25,27). The quantitative estimate of drug-likeness (QED) is 0.0907. The van der Waals surface area contributed by atoms with Gasteiger partial charge in [0.2, 0.25) is 6.79 Å². The van der Waals surface area contributed by atoms with Gasteiger partial charge in [-0.05, 0) is 34.6 Å². The van der Waals surface area contributed by atoms with Gasteiger partial charge in [0.25, 0.3) is 12.0 Å². The molecule has 17 nitrogen and oxygen atoms in total. The largest absolute Gasteiger partial charge is 0.510 e. The molecule has 40 heavy (non-hydrogen) atoms. The molecule has 1 aromatic rings. The van der Waals surface area contributed by atoms with Gasteiger partial charge >= 0.3 is 19.7 Å². The second-order valence-electron chi connectivity index (χ2n) is 9.25. The van der Waals surface area contributed by atoms with E-state index in [0.29, 0.717) is 0 Å². The van der Waals surface area contributed by atoms with E-state index >= 15 is 0 Å². The van der Waals surface area contributed by atoms with E-state index in [9.17, 15) is 34.3 Å². The molecule has 0 bridgehead atoms. The number of aromatic nitrogens is 2. The summed E-state index contributed by atoms with van der Waals surface area (Å²) in [4.78, 5) is 37.4. The Hall–Kier alpha value is -1.89. The van der Waals surface area contributed by atoms with Crippen LogP contribution in [0.15, 0.2) is 21.9 Å². The number of aromatic amines is 1. The van der Waals surface area contributed by atoms with E-state index < -0.39 is 93.5 Å². The Morgan fingerprint density at radius 2 is 1.85 bits per heavy atom. The first kappa shape index (κ1) is 34.3. The zero-order valence-corrected chi connectivity index (χ0v) is 24.0. The molecule has 0 saturated carbocycles. The third-order valence-electron chi connectivity index (χ3n) is 5.22. The van der Waals surface area contributed by atoms with Crippen molar-refractivity contribution < 1.29 is 61.9 Å². The number of alkyl halides is 1. The van der Waals surface area contributed by atoms with Crippen LogP contribution in [0.25, 0.3) is 0 Å². The number of hydrogen-bond acceptors (Lipinski definition) is 15. The number of nitrogens with zero attached hydrogens (tertiary/aromatic N) is 1. The van der Waals surface area contributed by atoms with Crippen LogP contribution >= 0.6 is 19.4 Å². The number of aliphatic hydroxyl groups is 3. The van der Waals surface area contributed by atoms with Crippen molar-refractivity contribution in [3.63, 3.8) is 0 Å². The van der Waals surface area contributed by atoms with Crippen LogP contribution in [0.5, 0.6) is 0 Å².